The summed E-state index contributed by atoms with van der Waals surface area (Å²) in [5.74, 6) is -1.03. The Balaban J connectivity index is 1.45. The normalized spacial score (nSPS) is 24.7. The van der Waals surface area contributed by atoms with Crippen molar-refractivity contribution >= 4 is 15.8 Å². The number of aromatic nitrogens is 3. The van der Waals surface area contributed by atoms with Crippen LogP contribution in [0.5, 0.6) is 0 Å². The molecular weight excluding hydrogens is 474 g/mol. The van der Waals surface area contributed by atoms with Gasteiger partial charge in [-0.3, -0.25) is 4.72 Å². The van der Waals surface area contributed by atoms with Gasteiger partial charge in [0.25, 0.3) is 0 Å². The number of sulfonamides is 1. The van der Waals surface area contributed by atoms with Crippen LogP contribution < -0.4 is 4.72 Å². The van der Waals surface area contributed by atoms with Gasteiger partial charge in [-0.2, -0.15) is 5.10 Å². The lowest BCUT2D eigenvalue weighted by Crippen LogP contribution is -2.44. The summed E-state index contributed by atoms with van der Waals surface area (Å²) in [5.41, 5.74) is 1.40. The SMILES string of the molecule is CC1(C)[C@H]2CC[C@]1(c1cccc(NS(=O)(=O)C3COC3)n1)c1nnc(-c3c(F)cccc3F)cc12. The molecule has 3 aromatic rings. The van der Waals surface area contributed by atoms with Crippen LogP contribution in [0.4, 0.5) is 14.6 Å². The van der Waals surface area contributed by atoms with Crippen LogP contribution in [0.1, 0.15) is 49.6 Å². The molecule has 2 aliphatic carbocycles. The van der Waals surface area contributed by atoms with Crippen LogP contribution in [0.15, 0.2) is 42.5 Å². The molecule has 1 aromatic carbocycles. The highest BCUT2D eigenvalue weighted by atomic mass is 32.2. The van der Waals surface area contributed by atoms with Crippen molar-refractivity contribution in [1.29, 1.82) is 0 Å². The summed E-state index contributed by atoms with van der Waals surface area (Å²) in [4.78, 5) is 4.73. The van der Waals surface area contributed by atoms with Crippen molar-refractivity contribution in [2.45, 2.75) is 43.3 Å². The topological polar surface area (TPSA) is 94.1 Å². The van der Waals surface area contributed by atoms with E-state index in [0.29, 0.717) is 5.69 Å². The second-order valence-corrected chi connectivity index (χ2v) is 12.0. The number of ether oxygens (including phenoxy) is 1. The standard InChI is InChI=1S/C25H24F2N4O3S/c1-24(2)16-9-10-25(24,20-7-4-8-21(28-20)31-35(32,33)14-12-34-13-14)23-15(16)11-19(29-30-23)22-17(26)5-3-6-18(22)27/h3-8,11,14,16H,9-10,12-13H2,1-2H3,(H,28,31)/t16-,25-/m0/s1. The van der Waals surface area contributed by atoms with Gasteiger partial charge in [-0.1, -0.05) is 26.0 Å². The van der Waals surface area contributed by atoms with Crippen molar-refractivity contribution in [1.82, 2.24) is 15.2 Å². The van der Waals surface area contributed by atoms with Crippen molar-refractivity contribution in [2.24, 2.45) is 5.41 Å². The number of pyridine rings is 1. The largest absolute Gasteiger partial charge is 0.378 e. The molecule has 0 radical (unpaired) electrons. The molecule has 0 amide bonds. The number of nitrogens with one attached hydrogen (secondary N) is 1. The lowest BCUT2D eigenvalue weighted by molar-refractivity contribution is 0.0418. The van der Waals surface area contributed by atoms with Gasteiger partial charge in [0.1, 0.15) is 22.7 Å². The van der Waals surface area contributed by atoms with E-state index in [2.05, 4.69) is 28.8 Å². The molecule has 35 heavy (non-hydrogen) atoms. The number of nitrogens with zero attached hydrogens (tertiary/aromatic N) is 3. The molecule has 2 fully saturated rings. The third kappa shape index (κ3) is 3.09. The van der Waals surface area contributed by atoms with Crippen LogP contribution in [-0.2, 0) is 20.2 Å². The summed E-state index contributed by atoms with van der Waals surface area (Å²) < 4.78 is 61.7. The summed E-state index contributed by atoms with van der Waals surface area (Å²) in [6.07, 6.45) is 1.61. The van der Waals surface area contributed by atoms with Crippen LogP contribution >= 0.6 is 0 Å². The maximum absolute atomic E-state index is 14.5. The Morgan fingerprint density at radius 2 is 1.77 bits per heavy atom. The van der Waals surface area contributed by atoms with Crippen molar-refractivity contribution in [3.63, 3.8) is 0 Å². The van der Waals surface area contributed by atoms with Crippen molar-refractivity contribution in [3.8, 4) is 11.3 Å². The number of hydrogen-bond acceptors (Lipinski definition) is 6. The monoisotopic (exact) mass is 498 g/mol. The minimum Gasteiger partial charge on any atom is -0.378 e. The van der Waals surface area contributed by atoms with Crippen LogP contribution in [0.25, 0.3) is 11.3 Å². The maximum Gasteiger partial charge on any atom is 0.241 e. The molecule has 1 saturated carbocycles. The Hall–Kier alpha value is -2.98. The van der Waals surface area contributed by atoms with Gasteiger partial charge in [-0.15, -0.1) is 5.10 Å². The van der Waals surface area contributed by atoms with Gasteiger partial charge < -0.3 is 4.74 Å². The Kier molecular flexibility index (Phi) is 4.82. The van der Waals surface area contributed by atoms with Crippen molar-refractivity contribution in [3.05, 3.63) is 71.1 Å². The summed E-state index contributed by atoms with van der Waals surface area (Å²) in [5, 5.41) is 8.17. The molecule has 0 spiro atoms. The summed E-state index contributed by atoms with van der Waals surface area (Å²) in [7, 11) is -3.60. The predicted octanol–water partition coefficient (Wildman–Crippen LogP) is 4.16. The zero-order valence-electron chi connectivity index (χ0n) is 19.3. The van der Waals surface area contributed by atoms with E-state index in [1.54, 1.807) is 18.2 Å². The first-order chi connectivity index (χ1) is 16.6. The smallest absolute Gasteiger partial charge is 0.241 e. The third-order valence-corrected chi connectivity index (χ3v) is 9.72. The van der Waals surface area contributed by atoms with E-state index in [1.807, 2.05) is 6.07 Å². The zero-order valence-corrected chi connectivity index (χ0v) is 20.1. The molecule has 10 heteroatoms. The van der Waals surface area contributed by atoms with Gasteiger partial charge in [-0.25, -0.2) is 22.2 Å². The van der Waals surface area contributed by atoms with E-state index >= 15 is 0 Å². The van der Waals surface area contributed by atoms with Gasteiger partial charge in [0.15, 0.2) is 0 Å². The van der Waals surface area contributed by atoms with Gasteiger partial charge in [0.05, 0.1) is 41.3 Å². The molecular formula is C25H24F2N4O3S. The highest BCUT2D eigenvalue weighted by Gasteiger charge is 2.65. The number of fused-ring (bicyclic) bond motifs is 5. The second kappa shape index (κ2) is 7.51. The minimum absolute atomic E-state index is 0.0934. The lowest BCUT2D eigenvalue weighted by Gasteiger charge is -2.37. The summed E-state index contributed by atoms with van der Waals surface area (Å²) in [6.45, 7) is 4.61. The number of hydrogen-bond donors (Lipinski definition) is 1. The van der Waals surface area contributed by atoms with Gasteiger partial charge in [-0.05, 0) is 60.1 Å². The van der Waals surface area contributed by atoms with E-state index in [4.69, 9.17) is 9.72 Å². The van der Waals surface area contributed by atoms with E-state index in [1.165, 1.54) is 18.2 Å². The van der Waals surface area contributed by atoms with E-state index in [9.17, 15) is 17.2 Å². The Morgan fingerprint density at radius 3 is 2.46 bits per heavy atom. The molecule has 182 valence electrons. The zero-order chi connectivity index (χ0) is 24.6. The van der Waals surface area contributed by atoms with Gasteiger partial charge in [0, 0.05) is 0 Å². The Labute approximate surface area is 202 Å². The predicted molar refractivity (Wildman–Crippen MR) is 125 cm³/mol. The summed E-state index contributed by atoms with van der Waals surface area (Å²) >= 11 is 0. The van der Waals surface area contributed by atoms with Crippen molar-refractivity contribution < 1.29 is 21.9 Å². The summed E-state index contributed by atoms with van der Waals surface area (Å²) in [6, 6.07) is 10.8. The molecule has 3 aliphatic rings. The molecule has 3 heterocycles. The fourth-order valence-corrected chi connectivity index (χ4v) is 7.23. The fourth-order valence-electron chi connectivity index (χ4n) is 6.11. The molecule has 0 unspecified atom stereocenters. The molecule has 2 aromatic heterocycles. The number of anilines is 1. The molecule has 2 bridgehead atoms. The molecule has 1 aliphatic heterocycles. The Bertz CT molecular complexity index is 1440. The van der Waals surface area contributed by atoms with E-state index in [0.717, 1.165) is 24.1 Å². The van der Waals surface area contributed by atoms with Crippen LogP contribution in [0, 0.1) is 17.0 Å². The molecule has 7 nitrogen and oxygen atoms in total. The van der Waals surface area contributed by atoms with E-state index in [-0.39, 0.29) is 41.6 Å². The molecule has 2 atom stereocenters. The van der Waals surface area contributed by atoms with Crippen LogP contribution in [0.3, 0.4) is 0 Å². The maximum atomic E-state index is 14.5. The number of halogens is 2. The van der Waals surface area contributed by atoms with Gasteiger partial charge >= 0.3 is 0 Å². The first kappa shape index (κ1) is 22.5. The molecule has 1 saturated heterocycles. The van der Waals surface area contributed by atoms with Gasteiger partial charge in [0.2, 0.25) is 10.0 Å². The first-order valence-electron chi connectivity index (χ1n) is 11.5. The molecule has 1 N–H and O–H groups in total. The fraction of sp³-hybridized carbons (Fsp3) is 0.400. The average Bonchev–Trinajstić information content (AvgIpc) is 3.13. The highest BCUT2D eigenvalue weighted by Crippen LogP contribution is 2.69. The second-order valence-electron chi connectivity index (χ2n) is 10.1. The first-order valence-corrected chi connectivity index (χ1v) is 13.1. The third-order valence-electron chi connectivity index (χ3n) is 8.08. The quantitative estimate of drug-likeness (QED) is 0.568. The Morgan fingerprint density at radius 1 is 1.06 bits per heavy atom. The number of rotatable bonds is 5. The minimum atomic E-state index is -3.60. The number of benzene rings is 1. The lowest BCUT2D eigenvalue weighted by atomic mass is 9.66. The van der Waals surface area contributed by atoms with E-state index < -0.39 is 32.3 Å². The van der Waals surface area contributed by atoms with Crippen LogP contribution in [-0.4, -0.2) is 42.1 Å². The highest BCUT2D eigenvalue weighted by molar-refractivity contribution is 7.93. The average molecular weight is 499 g/mol. The van der Waals surface area contributed by atoms with Crippen molar-refractivity contribution in [2.75, 3.05) is 17.9 Å². The molecule has 6 rings (SSSR count). The van der Waals surface area contributed by atoms with Crippen LogP contribution in [0.2, 0.25) is 0 Å².